The zero-order valence-electron chi connectivity index (χ0n) is 10.5. The predicted octanol–water partition coefficient (Wildman–Crippen LogP) is 1.38. The Labute approximate surface area is 109 Å². The van der Waals surface area contributed by atoms with Crippen LogP contribution in [0, 0.1) is 5.92 Å². The highest BCUT2D eigenvalue weighted by Gasteiger charge is 2.23. The molecule has 0 saturated heterocycles. The standard InChI is InChI=1S/C11H16N2O4S/c1-6(2)9(10(16)17-3)13-11-12-7(5-18-11)4-8(14)15/h5-6,9H,4H2,1-3H3,(H,12,13)(H,14,15). The first kappa shape index (κ1) is 14.4. The first-order valence-electron chi connectivity index (χ1n) is 5.44. The molecule has 18 heavy (non-hydrogen) atoms. The van der Waals surface area contributed by atoms with E-state index in [1.807, 2.05) is 13.8 Å². The van der Waals surface area contributed by atoms with E-state index in [4.69, 9.17) is 9.84 Å². The van der Waals surface area contributed by atoms with Gasteiger partial charge in [0.1, 0.15) is 6.04 Å². The van der Waals surface area contributed by atoms with Gasteiger partial charge in [0.15, 0.2) is 5.13 Å². The van der Waals surface area contributed by atoms with E-state index in [0.717, 1.165) is 0 Å². The van der Waals surface area contributed by atoms with Gasteiger partial charge in [-0.25, -0.2) is 9.78 Å². The number of carboxylic acid groups (broad SMARTS) is 1. The van der Waals surface area contributed by atoms with Gasteiger partial charge in [0.2, 0.25) is 0 Å². The second-order valence-electron chi connectivity index (χ2n) is 4.10. The molecule has 0 fully saturated rings. The molecule has 1 heterocycles. The minimum atomic E-state index is -0.930. The van der Waals surface area contributed by atoms with Crippen LogP contribution in [0.4, 0.5) is 5.13 Å². The predicted molar refractivity (Wildman–Crippen MR) is 67.7 cm³/mol. The van der Waals surface area contributed by atoms with Crippen LogP contribution in [-0.4, -0.2) is 35.2 Å². The minimum Gasteiger partial charge on any atom is -0.481 e. The lowest BCUT2D eigenvalue weighted by Crippen LogP contribution is -2.35. The summed E-state index contributed by atoms with van der Waals surface area (Å²) in [6, 6.07) is -0.487. The summed E-state index contributed by atoms with van der Waals surface area (Å²) in [6.07, 6.45) is -0.122. The summed E-state index contributed by atoms with van der Waals surface area (Å²) in [5, 5.41) is 13.8. The number of rotatable bonds is 6. The average molecular weight is 272 g/mol. The number of anilines is 1. The summed E-state index contributed by atoms with van der Waals surface area (Å²) in [6.45, 7) is 3.78. The molecule has 0 radical (unpaired) electrons. The molecule has 1 unspecified atom stereocenters. The summed E-state index contributed by atoms with van der Waals surface area (Å²) >= 11 is 1.27. The van der Waals surface area contributed by atoms with Crippen LogP contribution >= 0.6 is 11.3 Å². The van der Waals surface area contributed by atoms with Crippen LogP contribution in [0.25, 0.3) is 0 Å². The molecular weight excluding hydrogens is 256 g/mol. The van der Waals surface area contributed by atoms with Gasteiger partial charge in [-0.2, -0.15) is 0 Å². The fourth-order valence-electron chi connectivity index (χ4n) is 1.37. The van der Waals surface area contributed by atoms with Crippen molar-refractivity contribution in [2.24, 2.45) is 5.92 Å². The molecule has 1 atom stereocenters. The molecule has 0 aromatic carbocycles. The quantitative estimate of drug-likeness (QED) is 0.761. The number of thiazole rings is 1. The van der Waals surface area contributed by atoms with Crippen molar-refractivity contribution in [1.82, 2.24) is 4.98 Å². The highest BCUT2D eigenvalue weighted by atomic mass is 32.1. The van der Waals surface area contributed by atoms with E-state index in [2.05, 4.69) is 10.3 Å². The molecule has 0 aliphatic heterocycles. The summed E-state index contributed by atoms with van der Waals surface area (Å²) < 4.78 is 4.70. The number of nitrogens with zero attached hydrogens (tertiary/aromatic N) is 1. The van der Waals surface area contributed by atoms with Gasteiger partial charge < -0.3 is 15.2 Å². The first-order valence-corrected chi connectivity index (χ1v) is 6.32. The molecule has 1 rings (SSSR count). The first-order chi connectivity index (χ1) is 8.43. The van der Waals surface area contributed by atoms with Crippen molar-refractivity contribution >= 4 is 28.4 Å². The Morgan fingerprint density at radius 3 is 2.72 bits per heavy atom. The number of carbonyl (C=O) groups is 2. The summed E-state index contributed by atoms with van der Waals surface area (Å²) in [7, 11) is 1.33. The number of hydrogen-bond donors (Lipinski definition) is 2. The molecule has 0 bridgehead atoms. The maximum atomic E-state index is 11.5. The number of aliphatic carboxylic acids is 1. The van der Waals surface area contributed by atoms with Crippen LogP contribution in [0.2, 0.25) is 0 Å². The van der Waals surface area contributed by atoms with Gasteiger partial charge in [0.05, 0.1) is 19.2 Å². The Kier molecular flexibility index (Phi) is 5.08. The van der Waals surface area contributed by atoms with E-state index >= 15 is 0 Å². The number of hydrogen-bond acceptors (Lipinski definition) is 6. The zero-order chi connectivity index (χ0) is 13.7. The monoisotopic (exact) mass is 272 g/mol. The molecule has 1 aromatic rings. The van der Waals surface area contributed by atoms with Gasteiger partial charge in [-0.3, -0.25) is 4.79 Å². The summed E-state index contributed by atoms with van der Waals surface area (Å²) in [4.78, 5) is 26.2. The number of carboxylic acids is 1. The Morgan fingerprint density at radius 2 is 2.22 bits per heavy atom. The van der Waals surface area contributed by atoms with Crippen molar-refractivity contribution in [3.63, 3.8) is 0 Å². The van der Waals surface area contributed by atoms with Crippen molar-refractivity contribution in [2.75, 3.05) is 12.4 Å². The SMILES string of the molecule is COC(=O)C(Nc1nc(CC(=O)O)cs1)C(C)C. The van der Waals surface area contributed by atoms with Crippen molar-refractivity contribution in [3.8, 4) is 0 Å². The third-order valence-electron chi connectivity index (χ3n) is 2.28. The Balaban J connectivity index is 2.72. The average Bonchev–Trinajstić information content (AvgIpc) is 2.71. The number of methoxy groups -OCH3 is 1. The molecule has 1 aromatic heterocycles. The Morgan fingerprint density at radius 1 is 1.56 bits per heavy atom. The Bertz CT molecular complexity index is 430. The molecule has 0 saturated carbocycles. The van der Waals surface area contributed by atoms with E-state index in [1.165, 1.54) is 18.4 Å². The third kappa shape index (κ3) is 3.99. The number of aromatic nitrogens is 1. The fraction of sp³-hybridized carbons (Fsp3) is 0.545. The molecule has 2 N–H and O–H groups in total. The Hall–Kier alpha value is -1.63. The third-order valence-corrected chi connectivity index (χ3v) is 3.11. The van der Waals surface area contributed by atoms with E-state index in [1.54, 1.807) is 5.38 Å². The minimum absolute atomic E-state index is 0.0456. The van der Waals surface area contributed by atoms with Crippen LogP contribution in [-0.2, 0) is 20.7 Å². The van der Waals surface area contributed by atoms with E-state index < -0.39 is 12.0 Å². The van der Waals surface area contributed by atoms with Crippen molar-refractivity contribution in [1.29, 1.82) is 0 Å². The van der Waals surface area contributed by atoms with Gasteiger partial charge in [-0.05, 0) is 5.92 Å². The topological polar surface area (TPSA) is 88.5 Å². The number of carbonyl (C=O) groups excluding carboxylic acids is 1. The summed E-state index contributed by atoms with van der Waals surface area (Å²) in [5.41, 5.74) is 0.474. The van der Waals surface area contributed by atoms with Crippen molar-refractivity contribution < 1.29 is 19.4 Å². The molecular formula is C11H16N2O4S. The van der Waals surface area contributed by atoms with E-state index in [0.29, 0.717) is 10.8 Å². The number of nitrogens with one attached hydrogen (secondary N) is 1. The lowest BCUT2D eigenvalue weighted by molar-refractivity contribution is -0.142. The zero-order valence-corrected chi connectivity index (χ0v) is 11.3. The number of ether oxygens (including phenoxy) is 1. The molecule has 7 heteroatoms. The van der Waals surface area contributed by atoms with Crippen LogP contribution < -0.4 is 5.32 Å². The van der Waals surface area contributed by atoms with Gasteiger partial charge in [0, 0.05) is 5.38 Å². The van der Waals surface area contributed by atoms with Gasteiger partial charge in [-0.15, -0.1) is 11.3 Å². The van der Waals surface area contributed by atoms with Gasteiger partial charge in [-0.1, -0.05) is 13.8 Å². The largest absolute Gasteiger partial charge is 0.481 e. The lowest BCUT2D eigenvalue weighted by atomic mass is 10.1. The molecule has 0 aliphatic rings. The molecule has 0 aliphatic carbocycles. The maximum absolute atomic E-state index is 11.5. The maximum Gasteiger partial charge on any atom is 0.328 e. The second-order valence-corrected chi connectivity index (χ2v) is 4.96. The van der Waals surface area contributed by atoms with Crippen molar-refractivity contribution in [3.05, 3.63) is 11.1 Å². The van der Waals surface area contributed by atoms with E-state index in [-0.39, 0.29) is 18.3 Å². The fourth-order valence-corrected chi connectivity index (χ4v) is 2.12. The molecule has 0 spiro atoms. The molecule has 6 nitrogen and oxygen atoms in total. The highest BCUT2D eigenvalue weighted by molar-refractivity contribution is 7.13. The highest BCUT2D eigenvalue weighted by Crippen LogP contribution is 2.19. The molecule has 100 valence electrons. The van der Waals surface area contributed by atoms with Crippen LogP contribution in [0.5, 0.6) is 0 Å². The van der Waals surface area contributed by atoms with Gasteiger partial charge >= 0.3 is 11.9 Å². The van der Waals surface area contributed by atoms with E-state index in [9.17, 15) is 9.59 Å². The van der Waals surface area contributed by atoms with Crippen molar-refractivity contribution in [2.45, 2.75) is 26.3 Å². The van der Waals surface area contributed by atoms with Crippen LogP contribution in [0.3, 0.4) is 0 Å². The molecule has 0 amide bonds. The van der Waals surface area contributed by atoms with Crippen LogP contribution in [0.1, 0.15) is 19.5 Å². The normalized spacial score (nSPS) is 12.2. The summed E-state index contributed by atoms with van der Waals surface area (Å²) in [5.74, 6) is -1.25. The van der Waals surface area contributed by atoms with Crippen LogP contribution in [0.15, 0.2) is 5.38 Å². The smallest absolute Gasteiger partial charge is 0.328 e. The second kappa shape index (κ2) is 6.34. The number of esters is 1. The lowest BCUT2D eigenvalue weighted by Gasteiger charge is -2.18. The van der Waals surface area contributed by atoms with Gasteiger partial charge in [0.25, 0.3) is 0 Å².